The highest BCUT2D eigenvalue weighted by Gasteiger charge is 2.26. The number of carbonyl (C=O) groups excluding carboxylic acids is 2. The highest BCUT2D eigenvalue weighted by molar-refractivity contribution is 5.95. The summed E-state index contributed by atoms with van der Waals surface area (Å²) in [6.45, 7) is 12.6. The molecule has 0 aromatic heterocycles. The molecule has 0 aliphatic rings. The molecule has 1 aromatic carbocycles. The summed E-state index contributed by atoms with van der Waals surface area (Å²) < 4.78 is 0. The Balaban J connectivity index is 2.90. The minimum Gasteiger partial charge on any atom is -0.351 e. The van der Waals surface area contributed by atoms with Crippen molar-refractivity contribution in [2.45, 2.75) is 59.0 Å². The maximum Gasteiger partial charge on any atom is 0.319 e. The van der Waals surface area contributed by atoms with Crippen LogP contribution in [0.25, 0.3) is 0 Å². The van der Waals surface area contributed by atoms with Crippen molar-refractivity contribution in [3.8, 4) is 0 Å². The molecule has 5 N–H and O–H groups in total. The lowest BCUT2D eigenvalue weighted by Gasteiger charge is -2.24. The number of hydrogen-bond acceptors (Lipinski definition) is 2. The predicted molar refractivity (Wildman–Crippen MR) is 91.8 cm³/mol. The largest absolute Gasteiger partial charge is 0.351 e. The van der Waals surface area contributed by atoms with Crippen LogP contribution in [-0.2, 0) is 10.2 Å². The van der Waals surface area contributed by atoms with Crippen molar-refractivity contribution < 1.29 is 14.9 Å². The second-order valence-electron chi connectivity index (χ2n) is 7.48. The van der Waals surface area contributed by atoms with E-state index in [1.54, 1.807) is 6.92 Å². The van der Waals surface area contributed by atoms with E-state index < -0.39 is 12.1 Å². The minimum absolute atomic E-state index is 0.115. The first-order chi connectivity index (χ1) is 10.5. The smallest absolute Gasteiger partial charge is 0.319 e. The maximum absolute atomic E-state index is 11.9. The third-order valence-corrected chi connectivity index (χ3v) is 4.04. The number of amides is 3. The molecule has 0 saturated carbocycles. The third-order valence-electron chi connectivity index (χ3n) is 4.04. The van der Waals surface area contributed by atoms with Gasteiger partial charge < -0.3 is 11.1 Å². The molecule has 0 bridgehead atoms. The van der Waals surface area contributed by atoms with Gasteiger partial charge in [0.1, 0.15) is 6.04 Å². The highest BCUT2D eigenvalue weighted by atomic mass is 16.2. The molecule has 1 rings (SSSR count). The summed E-state index contributed by atoms with van der Waals surface area (Å²) in [5.74, 6) is -0.0197. The number of carbonyl (C=O) groups is 2. The summed E-state index contributed by atoms with van der Waals surface area (Å²) in [5.41, 5.74) is 7.57. The van der Waals surface area contributed by atoms with Crippen LogP contribution >= 0.6 is 0 Å². The number of nitrogens with one attached hydrogen (secondary N) is 1. The molecule has 0 unspecified atom stereocenters. The van der Waals surface area contributed by atoms with E-state index in [0.29, 0.717) is 5.92 Å². The molecule has 3 amide bonds. The van der Waals surface area contributed by atoms with Gasteiger partial charge in [-0.2, -0.15) is 0 Å². The van der Waals surface area contributed by atoms with Gasteiger partial charge >= 0.3 is 6.03 Å². The van der Waals surface area contributed by atoms with Crippen molar-refractivity contribution in [1.29, 1.82) is 0 Å². The molecule has 23 heavy (non-hydrogen) atoms. The van der Waals surface area contributed by atoms with Crippen LogP contribution in [0.15, 0.2) is 24.3 Å². The lowest BCUT2D eigenvalue weighted by molar-refractivity contribution is -0.719. The Kier molecular flexibility index (Phi) is 6.33. The van der Waals surface area contributed by atoms with Crippen LogP contribution < -0.4 is 16.4 Å². The molecule has 0 heterocycles. The molecule has 0 saturated heterocycles. The Morgan fingerprint density at radius 3 is 2.00 bits per heavy atom. The van der Waals surface area contributed by atoms with Crippen molar-refractivity contribution >= 4 is 11.9 Å². The molecule has 128 valence electrons. The first kappa shape index (κ1) is 19.2. The van der Waals surface area contributed by atoms with Crippen LogP contribution in [0.3, 0.4) is 0 Å². The summed E-state index contributed by atoms with van der Waals surface area (Å²) in [6.07, 6.45) is 0. The Hall–Kier alpha value is -1.88. The fourth-order valence-electron chi connectivity index (χ4n) is 2.56. The SMILES string of the molecule is CC(C)[C@H]([NH2+][C@@H](C)C(=O)NC(N)=O)c1ccc(C(C)(C)C)cc1. The Morgan fingerprint density at radius 2 is 1.61 bits per heavy atom. The molecule has 0 aliphatic carbocycles. The third kappa shape index (κ3) is 5.67. The van der Waals surface area contributed by atoms with Gasteiger partial charge in [0, 0.05) is 11.5 Å². The average molecular weight is 320 g/mol. The van der Waals surface area contributed by atoms with Gasteiger partial charge in [0.25, 0.3) is 5.91 Å². The van der Waals surface area contributed by atoms with Crippen molar-refractivity contribution in [2.24, 2.45) is 11.7 Å². The van der Waals surface area contributed by atoms with Crippen molar-refractivity contribution in [1.82, 2.24) is 5.32 Å². The zero-order valence-corrected chi connectivity index (χ0v) is 15.0. The zero-order chi connectivity index (χ0) is 17.8. The molecular weight excluding hydrogens is 290 g/mol. The summed E-state index contributed by atoms with van der Waals surface area (Å²) >= 11 is 0. The van der Waals surface area contributed by atoms with Crippen LogP contribution in [0.1, 0.15) is 58.7 Å². The summed E-state index contributed by atoms with van der Waals surface area (Å²) in [7, 11) is 0. The van der Waals surface area contributed by atoms with Gasteiger partial charge in [0.15, 0.2) is 6.04 Å². The van der Waals surface area contributed by atoms with E-state index >= 15 is 0 Å². The van der Waals surface area contributed by atoms with Gasteiger partial charge in [0.05, 0.1) is 0 Å². The molecule has 0 spiro atoms. The van der Waals surface area contributed by atoms with E-state index in [9.17, 15) is 9.59 Å². The van der Waals surface area contributed by atoms with Crippen LogP contribution in [0, 0.1) is 5.92 Å². The van der Waals surface area contributed by atoms with Gasteiger partial charge in [-0.15, -0.1) is 0 Å². The molecule has 5 nitrogen and oxygen atoms in total. The first-order valence-corrected chi connectivity index (χ1v) is 8.08. The van der Waals surface area contributed by atoms with Crippen molar-refractivity contribution in [3.05, 3.63) is 35.4 Å². The summed E-state index contributed by atoms with van der Waals surface area (Å²) in [4.78, 5) is 22.7. The molecule has 0 radical (unpaired) electrons. The van der Waals surface area contributed by atoms with E-state index in [2.05, 4.69) is 64.2 Å². The Bertz CT molecular complexity index is 544. The van der Waals surface area contributed by atoms with Gasteiger partial charge in [-0.05, 0) is 17.9 Å². The van der Waals surface area contributed by atoms with Crippen LogP contribution in [-0.4, -0.2) is 18.0 Å². The van der Waals surface area contributed by atoms with Crippen molar-refractivity contribution in [2.75, 3.05) is 0 Å². The van der Waals surface area contributed by atoms with Crippen LogP contribution in [0.5, 0.6) is 0 Å². The average Bonchev–Trinajstić information content (AvgIpc) is 2.42. The van der Waals surface area contributed by atoms with E-state index in [1.165, 1.54) is 11.1 Å². The number of primary amides is 1. The molecule has 0 aliphatic heterocycles. The minimum atomic E-state index is -0.814. The van der Waals surface area contributed by atoms with Gasteiger partial charge in [-0.3, -0.25) is 10.1 Å². The fourth-order valence-corrected chi connectivity index (χ4v) is 2.56. The lowest BCUT2D eigenvalue weighted by atomic mass is 9.85. The number of imide groups is 1. The van der Waals surface area contributed by atoms with Crippen molar-refractivity contribution in [3.63, 3.8) is 0 Å². The van der Waals surface area contributed by atoms with Gasteiger partial charge in [-0.25, -0.2) is 4.79 Å². The normalized spacial score (nSPS) is 14.4. The van der Waals surface area contributed by atoms with Crippen LogP contribution in [0.4, 0.5) is 4.79 Å². The second kappa shape index (κ2) is 7.59. The topological polar surface area (TPSA) is 88.8 Å². The molecule has 1 aromatic rings. The fraction of sp³-hybridized carbons (Fsp3) is 0.556. The second-order valence-corrected chi connectivity index (χ2v) is 7.48. The predicted octanol–water partition coefficient (Wildman–Crippen LogP) is 1.83. The van der Waals surface area contributed by atoms with Crippen LogP contribution in [0.2, 0.25) is 0 Å². The summed E-state index contributed by atoms with van der Waals surface area (Å²) in [5, 5.41) is 4.12. The maximum atomic E-state index is 11.9. The molecule has 5 heteroatoms. The number of nitrogens with two attached hydrogens (primary N) is 2. The quantitative estimate of drug-likeness (QED) is 0.772. The first-order valence-electron chi connectivity index (χ1n) is 8.08. The Morgan fingerprint density at radius 1 is 1.09 bits per heavy atom. The number of urea groups is 1. The number of benzene rings is 1. The number of hydrogen-bond donors (Lipinski definition) is 3. The van der Waals surface area contributed by atoms with E-state index in [4.69, 9.17) is 5.73 Å². The zero-order valence-electron chi connectivity index (χ0n) is 15.0. The lowest BCUT2D eigenvalue weighted by Crippen LogP contribution is -2.93. The number of quaternary nitrogens is 1. The standard InChI is InChI=1S/C18H29N3O2/c1-11(2)15(20-12(3)16(22)21-17(19)23)13-7-9-14(10-8-13)18(4,5)6/h7-12,15,20H,1-6H3,(H3,19,21,22,23)/p+1/t12-,15-/m0/s1. The van der Waals surface area contributed by atoms with E-state index in [0.717, 1.165) is 0 Å². The van der Waals surface area contributed by atoms with Gasteiger partial charge in [0.2, 0.25) is 0 Å². The van der Waals surface area contributed by atoms with E-state index in [1.807, 2.05) is 5.32 Å². The molecule has 0 fully saturated rings. The summed E-state index contributed by atoms with van der Waals surface area (Å²) in [6, 6.07) is 7.47. The monoisotopic (exact) mass is 320 g/mol. The highest BCUT2D eigenvalue weighted by Crippen LogP contribution is 2.25. The Labute approximate surface area is 139 Å². The molecular formula is C18H30N3O2+. The van der Waals surface area contributed by atoms with Gasteiger partial charge in [-0.1, -0.05) is 58.9 Å². The van der Waals surface area contributed by atoms with E-state index in [-0.39, 0.29) is 17.4 Å². The number of rotatable bonds is 5. The molecule has 2 atom stereocenters.